The molecule has 0 atom stereocenters. The summed E-state index contributed by atoms with van der Waals surface area (Å²) in [5, 5.41) is 11.7. The van der Waals surface area contributed by atoms with Crippen molar-refractivity contribution in [3.8, 4) is 5.69 Å². The fourth-order valence-corrected chi connectivity index (χ4v) is 2.00. The number of amides is 1. The maximum absolute atomic E-state index is 12.3. The van der Waals surface area contributed by atoms with Crippen molar-refractivity contribution in [1.82, 2.24) is 20.0 Å². The number of carbonyl (C=O) groups excluding carboxylic acids is 1. The average Bonchev–Trinajstić information content (AvgIpc) is 2.92. The Morgan fingerprint density at radius 3 is 2.59 bits per heavy atom. The van der Waals surface area contributed by atoms with E-state index in [4.69, 9.17) is 11.6 Å². The highest BCUT2D eigenvalue weighted by molar-refractivity contribution is 6.30. The van der Waals surface area contributed by atoms with Gasteiger partial charge < -0.3 is 5.32 Å². The maximum Gasteiger partial charge on any atom is 0.279 e. The number of nitrogens with one attached hydrogen (secondary N) is 1. The minimum absolute atomic E-state index is 0.251. The number of pyridine rings is 1. The molecule has 0 aliphatic carbocycles. The Kier molecular flexibility index (Phi) is 3.84. The second kappa shape index (κ2) is 5.95. The topological polar surface area (TPSA) is 72.7 Å². The fraction of sp³-hybridized carbons (Fsp3) is 0.0667. The molecule has 0 unspecified atom stereocenters. The Morgan fingerprint density at radius 2 is 1.91 bits per heavy atom. The van der Waals surface area contributed by atoms with Crippen molar-refractivity contribution in [3.05, 3.63) is 65.1 Å². The highest BCUT2D eigenvalue weighted by atomic mass is 35.5. The molecule has 1 aromatic carbocycles. The quantitative estimate of drug-likeness (QED) is 0.807. The first-order valence-electron chi connectivity index (χ1n) is 6.56. The number of aryl methyl sites for hydroxylation is 1. The summed E-state index contributed by atoms with van der Waals surface area (Å²) >= 11 is 5.76. The molecule has 1 amide bonds. The molecular weight excluding hydrogens is 302 g/mol. The van der Waals surface area contributed by atoms with Gasteiger partial charge in [-0.2, -0.15) is 9.90 Å². The van der Waals surface area contributed by atoms with Crippen LogP contribution >= 0.6 is 11.6 Å². The number of aromatic nitrogens is 4. The van der Waals surface area contributed by atoms with Crippen LogP contribution in [0.25, 0.3) is 5.69 Å². The Hall–Kier alpha value is -2.73. The van der Waals surface area contributed by atoms with Gasteiger partial charge in [0.1, 0.15) is 5.82 Å². The Labute approximate surface area is 131 Å². The van der Waals surface area contributed by atoms with Crippen LogP contribution in [0, 0.1) is 6.92 Å². The van der Waals surface area contributed by atoms with Crippen molar-refractivity contribution < 1.29 is 4.79 Å². The zero-order chi connectivity index (χ0) is 15.5. The molecule has 2 heterocycles. The smallest absolute Gasteiger partial charge is 0.279 e. The van der Waals surface area contributed by atoms with Gasteiger partial charge in [0, 0.05) is 6.20 Å². The van der Waals surface area contributed by atoms with E-state index in [-0.39, 0.29) is 11.6 Å². The van der Waals surface area contributed by atoms with E-state index in [9.17, 15) is 4.79 Å². The summed E-state index contributed by atoms with van der Waals surface area (Å²) in [6.07, 6.45) is 1.46. The predicted molar refractivity (Wildman–Crippen MR) is 83.3 cm³/mol. The number of carbonyl (C=O) groups is 1. The SMILES string of the molecule is Cc1nn(-c2ccccc2)nc1C(=O)Nc1ccc(Cl)cn1. The van der Waals surface area contributed by atoms with Gasteiger partial charge in [0.2, 0.25) is 0 Å². The van der Waals surface area contributed by atoms with Crippen molar-refractivity contribution in [2.75, 3.05) is 5.32 Å². The molecule has 2 aromatic heterocycles. The van der Waals surface area contributed by atoms with E-state index in [0.29, 0.717) is 16.5 Å². The largest absolute Gasteiger partial charge is 0.305 e. The van der Waals surface area contributed by atoms with Gasteiger partial charge in [0.15, 0.2) is 5.69 Å². The summed E-state index contributed by atoms with van der Waals surface area (Å²) in [7, 11) is 0. The third-order valence-electron chi connectivity index (χ3n) is 2.95. The van der Waals surface area contributed by atoms with Crippen molar-refractivity contribution in [3.63, 3.8) is 0 Å². The minimum atomic E-state index is -0.366. The van der Waals surface area contributed by atoms with Crippen molar-refractivity contribution in [2.45, 2.75) is 6.92 Å². The molecule has 7 heteroatoms. The molecule has 6 nitrogen and oxygen atoms in total. The number of anilines is 1. The number of hydrogen-bond donors (Lipinski definition) is 1. The number of benzene rings is 1. The molecule has 0 fully saturated rings. The maximum atomic E-state index is 12.3. The number of rotatable bonds is 3. The lowest BCUT2D eigenvalue weighted by atomic mass is 10.3. The number of halogens is 1. The van der Waals surface area contributed by atoms with Gasteiger partial charge in [-0.05, 0) is 31.2 Å². The van der Waals surface area contributed by atoms with E-state index in [1.807, 2.05) is 30.3 Å². The standard InChI is InChI=1S/C15H12ClN5O/c1-10-14(15(22)18-13-8-7-11(16)9-17-13)20-21(19-10)12-5-3-2-4-6-12/h2-9H,1H3,(H,17,18,22). The molecule has 0 spiro atoms. The van der Waals surface area contributed by atoms with Gasteiger partial charge in [0.05, 0.1) is 16.4 Å². The van der Waals surface area contributed by atoms with Crippen LogP contribution in [0.3, 0.4) is 0 Å². The molecular formula is C15H12ClN5O. The molecule has 0 bridgehead atoms. The molecule has 0 aliphatic heterocycles. The highest BCUT2D eigenvalue weighted by Gasteiger charge is 2.16. The summed E-state index contributed by atoms with van der Waals surface area (Å²) < 4.78 is 0. The third kappa shape index (κ3) is 2.96. The molecule has 3 aromatic rings. The van der Waals surface area contributed by atoms with Crippen LogP contribution in [0.1, 0.15) is 16.2 Å². The molecule has 3 rings (SSSR count). The monoisotopic (exact) mass is 313 g/mol. The first-order valence-corrected chi connectivity index (χ1v) is 6.93. The lowest BCUT2D eigenvalue weighted by Gasteiger charge is -2.02. The van der Waals surface area contributed by atoms with Crippen molar-refractivity contribution in [2.24, 2.45) is 0 Å². The zero-order valence-electron chi connectivity index (χ0n) is 11.7. The zero-order valence-corrected chi connectivity index (χ0v) is 12.4. The number of hydrogen-bond acceptors (Lipinski definition) is 4. The fourth-order valence-electron chi connectivity index (χ4n) is 1.89. The van der Waals surface area contributed by atoms with Gasteiger partial charge in [-0.25, -0.2) is 4.98 Å². The van der Waals surface area contributed by atoms with Crippen LogP contribution in [0.5, 0.6) is 0 Å². The van der Waals surface area contributed by atoms with Crippen LogP contribution in [0.2, 0.25) is 5.02 Å². The highest BCUT2D eigenvalue weighted by Crippen LogP contribution is 2.12. The Bertz CT molecular complexity index is 799. The second-order valence-corrected chi connectivity index (χ2v) is 5.01. The van der Waals surface area contributed by atoms with E-state index < -0.39 is 0 Å². The summed E-state index contributed by atoms with van der Waals surface area (Å²) in [4.78, 5) is 17.7. The summed E-state index contributed by atoms with van der Waals surface area (Å²) in [5.41, 5.74) is 1.57. The van der Waals surface area contributed by atoms with Crippen LogP contribution < -0.4 is 5.32 Å². The van der Waals surface area contributed by atoms with E-state index in [1.54, 1.807) is 19.1 Å². The normalized spacial score (nSPS) is 10.5. The van der Waals surface area contributed by atoms with Gasteiger partial charge in [-0.15, -0.1) is 5.10 Å². The number of nitrogens with zero attached hydrogens (tertiary/aromatic N) is 4. The van der Waals surface area contributed by atoms with Gasteiger partial charge in [0.25, 0.3) is 5.91 Å². The Balaban J connectivity index is 1.84. The van der Waals surface area contributed by atoms with Crippen molar-refractivity contribution in [1.29, 1.82) is 0 Å². The van der Waals surface area contributed by atoms with Gasteiger partial charge in [-0.1, -0.05) is 29.8 Å². The first-order chi connectivity index (χ1) is 10.6. The van der Waals surface area contributed by atoms with Crippen LogP contribution in [0.4, 0.5) is 5.82 Å². The van der Waals surface area contributed by atoms with E-state index >= 15 is 0 Å². The minimum Gasteiger partial charge on any atom is -0.305 e. The molecule has 0 saturated heterocycles. The van der Waals surface area contributed by atoms with Gasteiger partial charge in [-0.3, -0.25) is 4.79 Å². The van der Waals surface area contributed by atoms with Crippen LogP contribution in [0.15, 0.2) is 48.7 Å². The second-order valence-electron chi connectivity index (χ2n) is 4.57. The number of para-hydroxylation sites is 1. The molecule has 1 N–H and O–H groups in total. The molecule has 0 aliphatic rings. The van der Waals surface area contributed by atoms with E-state index in [2.05, 4.69) is 20.5 Å². The van der Waals surface area contributed by atoms with Crippen LogP contribution in [-0.4, -0.2) is 25.9 Å². The summed E-state index contributed by atoms with van der Waals surface area (Å²) in [6, 6.07) is 12.7. The molecule has 110 valence electrons. The third-order valence-corrected chi connectivity index (χ3v) is 3.18. The predicted octanol–water partition coefficient (Wildman–Crippen LogP) is 2.88. The summed E-state index contributed by atoms with van der Waals surface area (Å²) in [6.45, 7) is 1.73. The molecule has 0 radical (unpaired) electrons. The van der Waals surface area contributed by atoms with Crippen molar-refractivity contribution >= 4 is 23.3 Å². The Morgan fingerprint density at radius 1 is 1.14 bits per heavy atom. The lowest BCUT2D eigenvalue weighted by molar-refractivity contribution is 0.102. The van der Waals surface area contributed by atoms with Crippen LogP contribution in [-0.2, 0) is 0 Å². The lowest BCUT2D eigenvalue weighted by Crippen LogP contribution is -2.15. The van der Waals surface area contributed by atoms with E-state index in [0.717, 1.165) is 5.69 Å². The van der Waals surface area contributed by atoms with Gasteiger partial charge >= 0.3 is 0 Å². The average molecular weight is 314 g/mol. The van der Waals surface area contributed by atoms with E-state index in [1.165, 1.54) is 11.0 Å². The molecule has 22 heavy (non-hydrogen) atoms. The summed E-state index contributed by atoms with van der Waals surface area (Å²) in [5.74, 6) is 0.0394. The molecule has 0 saturated carbocycles. The first kappa shape index (κ1) is 14.2.